The van der Waals surface area contributed by atoms with Gasteiger partial charge in [0.1, 0.15) is 5.75 Å². The molecule has 0 aromatic heterocycles. The van der Waals surface area contributed by atoms with Crippen molar-refractivity contribution in [1.29, 1.82) is 0 Å². The van der Waals surface area contributed by atoms with E-state index in [4.69, 9.17) is 17.0 Å². The summed E-state index contributed by atoms with van der Waals surface area (Å²) < 4.78 is 5.67. The minimum absolute atomic E-state index is 0.0904. The molecule has 27 heavy (non-hydrogen) atoms. The fraction of sp³-hybridized carbons (Fsp3) is 0.182. The number of ether oxygens (including phenoxy) is 1. The maximum atomic E-state index is 12.4. The van der Waals surface area contributed by atoms with Crippen LogP contribution >= 0.6 is 12.2 Å². The number of carbonyl (C=O) groups is 1. The first kappa shape index (κ1) is 18.9. The van der Waals surface area contributed by atoms with Crippen LogP contribution in [0.4, 0.5) is 5.69 Å². The summed E-state index contributed by atoms with van der Waals surface area (Å²) in [5, 5.41) is 8.23. The standard InChI is InChI=1S/C22H22N2O2S/c1-15(2)26-19-11-6-10-18(14-19)23-22(27)24-21(25)13-17-9-5-8-16-7-3-4-12-20(16)17/h3-12,14-15H,13H2,1-2H3,(H2,23,24,25,27). The van der Waals surface area contributed by atoms with Gasteiger partial charge in [0.05, 0.1) is 12.5 Å². The summed E-state index contributed by atoms with van der Waals surface area (Å²) in [5.74, 6) is 0.596. The molecule has 3 aromatic rings. The Kier molecular flexibility index (Phi) is 6.04. The maximum Gasteiger partial charge on any atom is 0.230 e. The number of fused-ring (bicyclic) bond motifs is 1. The zero-order chi connectivity index (χ0) is 19.2. The summed E-state index contributed by atoms with van der Waals surface area (Å²) in [7, 11) is 0. The van der Waals surface area contributed by atoms with Gasteiger partial charge in [-0.25, -0.2) is 0 Å². The van der Waals surface area contributed by atoms with Gasteiger partial charge in [-0.3, -0.25) is 4.79 Å². The van der Waals surface area contributed by atoms with E-state index in [1.807, 2.05) is 80.6 Å². The Morgan fingerprint density at radius 3 is 2.59 bits per heavy atom. The normalized spacial score (nSPS) is 10.6. The van der Waals surface area contributed by atoms with Crippen molar-refractivity contribution in [2.75, 3.05) is 5.32 Å². The molecular formula is C22H22N2O2S. The SMILES string of the molecule is CC(C)Oc1cccc(NC(=S)NC(=O)Cc2cccc3ccccc23)c1. The van der Waals surface area contributed by atoms with Crippen LogP contribution in [0.5, 0.6) is 5.75 Å². The van der Waals surface area contributed by atoms with Gasteiger partial charge in [0.25, 0.3) is 0 Å². The summed E-state index contributed by atoms with van der Waals surface area (Å²) in [4.78, 5) is 12.4. The van der Waals surface area contributed by atoms with Crippen molar-refractivity contribution in [2.24, 2.45) is 0 Å². The van der Waals surface area contributed by atoms with Crippen molar-refractivity contribution >= 4 is 39.7 Å². The highest BCUT2D eigenvalue weighted by Gasteiger charge is 2.09. The molecular weight excluding hydrogens is 356 g/mol. The monoisotopic (exact) mass is 378 g/mol. The first-order chi connectivity index (χ1) is 13.0. The lowest BCUT2D eigenvalue weighted by Gasteiger charge is -2.13. The first-order valence-corrected chi connectivity index (χ1v) is 9.26. The minimum Gasteiger partial charge on any atom is -0.491 e. The second kappa shape index (κ2) is 8.64. The Hall–Kier alpha value is -2.92. The van der Waals surface area contributed by atoms with Crippen LogP contribution in [-0.4, -0.2) is 17.1 Å². The molecule has 0 aliphatic heterocycles. The second-order valence-corrected chi connectivity index (χ2v) is 6.92. The lowest BCUT2D eigenvalue weighted by Crippen LogP contribution is -2.35. The highest BCUT2D eigenvalue weighted by atomic mass is 32.1. The van der Waals surface area contributed by atoms with Gasteiger partial charge in [-0.1, -0.05) is 48.5 Å². The van der Waals surface area contributed by atoms with Crippen molar-refractivity contribution < 1.29 is 9.53 Å². The minimum atomic E-state index is -0.154. The van der Waals surface area contributed by atoms with Gasteiger partial charge in [0, 0.05) is 11.8 Å². The van der Waals surface area contributed by atoms with Crippen molar-refractivity contribution in [3.63, 3.8) is 0 Å². The predicted molar refractivity (Wildman–Crippen MR) is 114 cm³/mol. The number of benzene rings is 3. The van der Waals surface area contributed by atoms with Gasteiger partial charge in [-0.05, 0) is 54.5 Å². The summed E-state index contributed by atoms with van der Waals surface area (Å²) in [6, 6.07) is 21.5. The molecule has 3 rings (SSSR count). The van der Waals surface area contributed by atoms with E-state index in [9.17, 15) is 4.79 Å². The highest BCUT2D eigenvalue weighted by Crippen LogP contribution is 2.20. The number of hydrogen-bond donors (Lipinski definition) is 2. The highest BCUT2D eigenvalue weighted by molar-refractivity contribution is 7.80. The first-order valence-electron chi connectivity index (χ1n) is 8.85. The molecule has 0 heterocycles. The molecule has 0 atom stereocenters. The zero-order valence-electron chi connectivity index (χ0n) is 15.4. The fourth-order valence-electron chi connectivity index (χ4n) is 2.87. The fourth-order valence-corrected chi connectivity index (χ4v) is 3.10. The third-order valence-electron chi connectivity index (χ3n) is 3.95. The number of hydrogen-bond acceptors (Lipinski definition) is 3. The van der Waals surface area contributed by atoms with Crippen LogP contribution < -0.4 is 15.4 Å². The van der Waals surface area contributed by atoms with E-state index in [0.29, 0.717) is 0 Å². The van der Waals surface area contributed by atoms with E-state index >= 15 is 0 Å². The average molecular weight is 378 g/mol. The smallest absolute Gasteiger partial charge is 0.230 e. The zero-order valence-corrected chi connectivity index (χ0v) is 16.2. The Labute approximate surface area is 164 Å². The molecule has 5 heteroatoms. The molecule has 138 valence electrons. The van der Waals surface area contributed by atoms with E-state index in [-0.39, 0.29) is 23.5 Å². The van der Waals surface area contributed by atoms with Crippen molar-refractivity contribution in [1.82, 2.24) is 5.32 Å². The van der Waals surface area contributed by atoms with Crippen LogP contribution in [-0.2, 0) is 11.2 Å². The molecule has 0 radical (unpaired) electrons. The van der Waals surface area contributed by atoms with Gasteiger partial charge >= 0.3 is 0 Å². The number of rotatable bonds is 5. The number of amides is 1. The Bertz CT molecular complexity index is 964. The summed E-state index contributed by atoms with van der Waals surface area (Å²) >= 11 is 5.27. The largest absolute Gasteiger partial charge is 0.491 e. The van der Waals surface area contributed by atoms with E-state index in [1.165, 1.54) is 0 Å². The second-order valence-electron chi connectivity index (χ2n) is 6.51. The van der Waals surface area contributed by atoms with Gasteiger partial charge < -0.3 is 15.4 Å². The predicted octanol–water partition coefficient (Wildman–Crippen LogP) is 4.68. The van der Waals surface area contributed by atoms with Crippen LogP contribution in [0.1, 0.15) is 19.4 Å². The number of anilines is 1. The quantitative estimate of drug-likeness (QED) is 0.633. The Morgan fingerprint density at radius 1 is 1.04 bits per heavy atom. The molecule has 0 fully saturated rings. The molecule has 0 saturated carbocycles. The van der Waals surface area contributed by atoms with Gasteiger partial charge in [-0.15, -0.1) is 0 Å². The Morgan fingerprint density at radius 2 is 1.78 bits per heavy atom. The molecule has 3 aromatic carbocycles. The average Bonchev–Trinajstić information content (AvgIpc) is 2.61. The van der Waals surface area contributed by atoms with Gasteiger partial charge in [0.15, 0.2) is 5.11 Å². The van der Waals surface area contributed by atoms with E-state index in [0.717, 1.165) is 27.8 Å². The van der Waals surface area contributed by atoms with Crippen molar-refractivity contribution in [3.05, 3.63) is 72.3 Å². The topological polar surface area (TPSA) is 50.4 Å². The van der Waals surface area contributed by atoms with E-state index in [1.54, 1.807) is 0 Å². The molecule has 0 unspecified atom stereocenters. The van der Waals surface area contributed by atoms with Gasteiger partial charge in [-0.2, -0.15) is 0 Å². The number of thiocarbonyl (C=S) groups is 1. The summed E-state index contributed by atoms with van der Waals surface area (Å²) in [6.07, 6.45) is 0.354. The van der Waals surface area contributed by atoms with Crippen LogP contribution in [0, 0.1) is 0 Å². The molecule has 0 aliphatic rings. The molecule has 4 nitrogen and oxygen atoms in total. The Balaban J connectivity index is 1.62. The lowest BCUT2D eigenvalue weighted by atomic mass is 10.0. The molecule has 1 amide bonds. The third-order valence-corrected chi connectivity index (χ3v) is 4.15. The molecule has 0 bridgehead atoms. The number of carbonyl (C=O) groups excluding carboxylic acids is 1. The van der Waals surface area contributed by atoms with Crippen LogP contribution in [0.3, 0.4) is 0 Å². The van der Waals surface area contributed by atoms with E-state index in [2.05, 4.69) is 10.6 Å². The molecule has 0 aliphatic carbocycles. The maximum absolute atomic E-state index is 12.4. The van der Waals surface area contributed by atoms with Crippen molar-refractivity contribution in [3.8, 4) is 5.75 Å². The molecule has 2 N–H and O–H groups in total. The summed E-state index contributed by atoms with van der Waals surface area (Å²) in [5.41, 5.74) is 1.74. The lowest BCUT2D eigenvalue weighted by molar-refractivity contribution is -0.119. The molecule has 0 saturated heterocycles. The van der Waals surface area contributed by atoms with E-state index < -0.39 is 0 Å². The third kappa shape index (κ3) is 5.28. The van der Waals surface area contributed by atoms with Crippen LogP contribution in [0.15, 0.2) is 66.7 Å². The number of nitrogens with one attached hydrogen (secondary N) is 2. The summed E-state index contributed by atoms with van der Waals surface area (Å²) in [6.45, 7) is 3.94. The van der Waals surface area contributed by atoms with Gasteiger partial charge in [0.2, 0.25) is 5.91 Å². The van der Waals surface area contributed by atoms with Crippen LogP contribution in [0.25, 0.3) is 10.8 Å². The molecule has 0 spiro atoms. The van der Waals surface area contributed by atoms with Crippen molar-refractivity contribution in [2.45, 2.75) is 26.4 Å². The van der Waals surface area contributed by atoms with Crippen LogP contribution in [0.2, 0.25) is 0 Å².